The van der Waals surface area contributed by atoms with Crippen molar-refractivity contribution in [3.8, 4) is 0 Å². The summed E-state index contributed by atoms with van der Waals surface area (Å²) in [5.41, 5.74) is 2.89. The maximum Gasteiger partial charge on any atom is 0.0637 e. The first-order chi connectivity index (χ1) is 7.92. The predicted molar refractivity (Wildman–Crippen MR) is 62.6 cm³/mol. The number of hydrogen-bond acceptors (Lipinski definition) is 2. The summed E-state index contributed by atoms with van der Waals surface area (Å²) in [6.45, 7) is 1.89. The highest BCUT2D eigenvalue weighted by molar-refractivity contribution is 5.28. The lowest BCUT2D eigenvalue weighted by molar-refractivity contribution is -0.0525. The summed E-state index contributed by atoms with van der Waals surface area (Å²) in [5.74, 6) is 0. The quantitative estimate of drug-likeness (QED) is 0.772. The average molecular weight is 218 g/mol. The summed E-state index contributed by atoms with van der Waals surface area (Å²) < 4.78 is 11.0. The normalized spacial score (nSPS) is 28.2. The second kappa shape index (κ2) is 4.56. The Morgan fingerprint density at radius 2 is 1.31 bits per heavy atom. The molecule has 2 atom stereocenters. The van der Waals surface area contributed by atoms with Crippen LogP contribution in [-0.2, 0) is 22.3 Å². The van der Waals surface area contributed by atoms with Crippen molar-refractivity contribution in [2.75, 3.05) is 13.2 Å². The summed E-state index contributed by atoms with van der Waals surface area (Å²) in [5, 5.41) is 0. The number of benzene rings is 1. The van der Waals surface area contributed by atoms with Gasteiger partial charge in [0.15, 0.2) is 0 Å². The lowest BCUT2D eigenvalue weighted by atomic mass is 9.93. The van der Waals surface area contributed by atoms with Gasteiger partial charge in [-0.25, -0.2) is 0 Å². The van der Waals surface area contributed by atoms with Gasteiger partial charge in [0.05, 0.1) is 12.2 Å². The van der Waals surface area contributed by atoms with Gasteiger partial charge < -0.3 is 9.47 Å². The molecule has 2 fully saturated rings. The monoisotopic (exact) mass is 218 g/mol. The minimum absolute atomic E-state index is 0.462. The summed E-state index contributed by atoms with van der Waals surface area (Å²) in [7, 11) is 0. The number of ether oxygens (including phenoxy) is 2. The van der Waals surface area contributed by atoms with Crippen LogP contribution in [0, 0.1) is 0 Å². The third kappa shape index (κ3) is 2.13. The molecule has 3 rings (SSSR count). The van der Waals surface area contributed by atoms with Crippen LogP contribution in [0.25, 0.3) is 0 Å². The highest BCUT2D eigenvalue weighted by Gasteiger charge is 2.22. The van der Waals surface area contributed by atoms with Crippen molar-refractivity contribution in [1.82, 2.24) is 0 Å². The molecule has 0 N–H and O–H groups in total. The van der Waals surface area contributed by atoms with Gasteiger partial charge in [-0.2, -0.15) is 0 Å². The molecule has 2 heterocycles. The van der Waals surface area contributed by atoms with E-state index in [1.807, 2.05) is 0 Å². The Bertz CT molecular complexity index is 319. The first-order valence-corrected chi connectivity index (χ1v) is 6.22. The molecule has 2 saturated heterocycles. The molecule has 0 aliphatic carbocycles. The van der Waals surface area contributed by atoms with E-state index in [0.29, 0.717) is 12.2 Å². The Balaban J connectivity index is 1.68. The van der Waals surface area contributed by atoms with Gasteiger partial charge in [-0.15, -0.1) is 0 Å². The molecule has 0 bridgehead atoms. The molecular weight excluding hydrogens is 200 g/mol. The zero-order valence-corrected chi connectivity index (χ0v) is 9.52. The highest BCUT2D eigenvalue weighted by atomic mass is 16.5. The number of hydrogen-bond donors (Lipinski definition) is 0. The van der Waals surface area contributed by atoms with Crippen molar-refractivity contribution in [2.24, 2.45) is 0 Å². The third-order valence-electron chi connectivity index (χ3n) is 3.60. The molecule has 2 aliphatic rings. The van der Waals surface area contributed by atoms with Gasteiger partial charge in [-0.05, 0) is 36.8 Å². The van der Waals surface area contributed by atoms with E-state index in [0.717, 1.165) is 26.1 Å². The molecule has 86 valence electrons. The van der Waals surface area contributed by atoms with E-state index in [1.54, 1.807) is 0 Å². The third-order valence-corrected chi connectivity index (χ3v) is 3.60. The Labute approximate surface area is 96.6 Å². The van der Waals surface area contributed by atoms with Crippen LogP contribution in [0.4, 0.5) is 0 Å². The van der Waals surface area contributed by atoms with E-state index in [1.165, 1.54) is 24.0 Å². The van der Waals surface area contributed by atoms with Gasteiger partial charge in [0.2, 0.25) is 0 Å². The van der Waals surface area contributed by atoms with E-state index in [9.17, 15) is 0 Å². The Hall–Kier alpha value is -0.860. The van der Waals surface area contributed by atoms with Crippen LogP contribution in [0.5, 0.6) is 0 Å². The summed E-state index contributed by atoms with van der Waals surface area (Å²) in [4.78, 5) is 0. The van der Waals surface area contributed by atoms with Gasteiger partial charge >= 0.3 is 0 Å². The van der Waals surface area contributed by atoms with Crippen LogP contribution < -0.4 is 0 Å². The van der Waals surface area contributed by atoms with Crippen molar-refractivity contribution >= 4 is 0 Å². The minimum atomic E-state index is 0.462. The average Bonchev–Trinajstić information content (AvgIpc) is 2.19. The van der Waals surface area contributed by atoms with Crippen LogP contribution in [0.1, 0.15) is 24.0 Å². The second-order valence-electron chi connectivity index (χ2n) is 4.74. The molecule has 16 heavy (non-hydrogen) atoms. The zero-order chi connectivity index (χ0) is 10.8. The van der Waals surface area contributed by atoms with Gasteiger partial charge in [-0.3, -0.25) is 0 Å². The molecule has 0 saturated carbocycles. The fourth-order valence-corrected chi connectivity index (χ4v) is 2.34. The van der Waals surface area contributed by atoms with Crippen molar-refractivity contribution in [2.45, 2.75) is 37.9 Å². The highest BCUT2D eigenvalue weighted by Crippen LogP contribution is 2.23. The standard InChI is InChI=1S/C14H18O2/c1-2-4-12(10-14-6-8-16-14)11(3-1)9-13-5-7-15-13/h1-4,13-14H,5-10H2. The summed E-state index contributed by atoms with van der Waals surface area (Å²) in [6.07, 6.45) is 5.50. The Morgan fingerprint density at radius 3 is 1.62 bits per heavy atom. The maximum atomic E-state index is 5.50. The van der Waals surface area contributed by atoms with E-state index in [-0.39, 0.29) is 0 Å². The molecule has 1 aromatic carbocycles. The smallest absolute Gasteiger partial charge is 0.0637 e. The molecule has 2 nitrogen and oxygen atoms in total. The first-order valence-electron chi connectivity index (χ1n) is 6.22. The molecule has 0 radical (unpaired) electrons. The lowest BCUT2D eigenvalue weighted by Crippen LogP contribution is -2.31. The van der Waals surface area contributed by atoms with Crippen LogP contribution in [0.2, 0.25) is 0 Å². The van der Waals surface area contributed by atoms with Crippen molar-refractivity contribution < 1.29 is 9.47 Å². The maximum absolute atomic E-state index is 5.50. The molecule has 2 heteroatoms. The van der Waals surface area contributed by atoms with Crippen LogP contribution in [-0.4, -0.2) is 25.4 Å². The Kier molecular flexibility index (Phi) is 2.94. The molecule has 2 aliphatic heterocycles. The van der Waals surface area contributed by atoms with Crippen molar-refractivity contribution in [1.29, 1.82) is 0 Å². The van der Waals surface area contributed by atoms with Crippen molar-refractivity contribution in [3.05, 3.63) is 35.4 Å². The summed E-state index contributed by atoms with van der Waals surface area (Å²) in [6, 6.07) is 8.71. The second-order valence-corrected chi connectivity index (χ2v) is 4.74. The summed E-state index contributed by atoms with van der Waals surface area (Å²) >= 11 is 0. The molecular formula is C14H18O2. The molecule has 0 spiro atoms. The topological polar surface area (TPSA) is 18.5 Å². The molecule has 2 unspecified atom stereocenters. The number of rotatable bonds is 4. The minimum Gasteiger partial charge on any atom is -0.378 e. The van der Waals surface area contributed by atoms with Gasteiger partial charge in [0.1, 0.15) is 0 Å². The first kappa shape index (κ1) is 10.3. The van der Waals surface area contributed by atoms with Crippen molar-refractivity contribution in [3.63, 3.8) is 0 Å². The predicted octanol–water partition coefficient (Wildman–Crippen LogP) is 2.35. The van der Waals surface area contributed by atoms with Crippen LogP contribution in [0.15, 0.2) is 24.3 Å². The largest absolute Gasteiger partial charge is 0.378 e. The molecule has 0 aromatic heterocycles. The zero-order valence-electron chi connectivity index (χ0n) is 9.52. The van der Waals surface area contributed by atoms with Gasteiger partial charge in [0.25, 0.3) is 0 Å². The lowest BCUT2D eigenvalue weighted by Gasteiger charge is -2.29. The van der Waals surface area contributed by atoms with E-state index in [4.69, 9.17) is 9.47 Å². The fraction of sp³-hybridized carbons (Fsp3) is 0.571. The van der Waals surface area contributed by atoms with E-state index < -0.39 is 0 Å². The fourth-order valence-electron chi connectivity index (χ4n) is 2.34. The molecule has 1 aromatic rings. The van der Waals surface area contributed by atoms with Gasteiger partial charge in [0, 0.05) is 13.2 Å². The molecule has 0 amide bonds. The van der Waals surface area contributed by atoms with E-state index in [2.05, 4.69) is 24.3 Å². The van der Waals surface area contributed by atoms with E-state index >= 15 is 0 Å². The van der Waals surface area contributed by atoms with Crippen LogP contribution >= 0.6 is 0 Å². The van der Waals surface area contributed by atoms with Crippen LogP contribution in [0.3, 0.4) is 0 Å². The Morgan fingerprint density at radius 1 is 0.875 bits per heavy atom. The van der Waals surface area contributed by atoms with Gasteiger partial charge in [-0.1, -0.05) is 24.3 Å². The SMILES string of the molecule is c1ccc(CC2CCO2)c(CC2CCO2)c1.